The Balaban J connectivity index is 2.40. The molecule has 2 atom stereocenters. The number of hydrogen-bond donors (Lipinski definition) is 0. The van der Waals surface area contributed by atoms with Crippen LogP contribution in [-0.2, 0) is 9.63 Å². The number of hydrogen-bond acceptors (Lipinski definition) is 3. The molecule has 1 aliphatic rings. The highest BCUT2D eigenvalue weighted by Gasteiger charge is 2.60. The van der Waals surface area contributed by atoms with Crippen LogP contribution in [0.5, 0.6) is 0 Å². The highest BCUT2D eigenvalue weighted by atomic mass is 35.5. The van der Waals surface area contributed by atoms with Crippen LogP contribution in [0, 0.1) is 22.7 Å². The molecule has 0 heterocycles. The van der Waals surface area contributed by atoms with Crippen molar-refractivity contribution >= 4 is 23.1 Å². The summed E-state index contributed by atoms with van der Waals surface area (Å²) in [6.07, 6.45) is 1.71. The lowest BCUT2D eigenvalue weighted by Crippen LogP contribution is -2.12. The first-order valence-electron chi connectivity index (χ1n) is 5.51. The van der Waals surface area contributed by atoms with E-state index < -0.39 is 0 Å². The van der Waals surface area contributed by atoms with Crippen LogP contribution in [0.1, 0.15) is 34.6 Å². The molecular weight excluding hydrogens is 226 g/mol. The fraction of sp³-hybridized carbons (Fsp3) is 0.833. The molecule has 0 N–H and O–H groups in total. The lowest BCUT2D eigenvalue weighted by molar-refractivity contribution is -0.113. The van der Waals surface area contributed by atoms with E-state index in [2.05, 4.69) is 25.9 Å². The lowest BCUT2D eigenvalue weighted by Gasteiger charge is -2.15. The molecule has 1 fully saturated rings. The van der Waals surface area contributed by atoms with Gasteiger partial charge in [0.15, 0.2) is 0 Å². The van der Waals surface area contributed by atoms with Crippen LogP contribution in [0.3, 0.4) is 0 Å². The van der Waals surface area contributed by atoms with Crippen LogP contribution < -0.4 is 0 Å². The van der Waals surface area contributed by atoms with Crippen LogP contribution >= 0.6 is 11.6 Å². The molecule has 16 heavy (non-hydrogen) atoms. The van der Waals surface area contributed by atoms with Crippen molar-refractivity contribution in [2.24, 2.45) is 27.8 Å². The first kappa shape index (κ1) is 13.5. The topological polar surface area (TPSA) is 38.7 Å². The van der Waals surface area contributed by atoms with Crippen molar-refractivity contribution in [1.82, 2.24) is 0 Å². The van der Waals surface area contributed by atoms with Gasteiger partial charge in [-0.3, -0.25) is 4.79 Å². The maximum atomic E-state index is 11.1. The van der Waals surface area contributed by atoms with E-state index in [1.807, 2.05) is 13.8 Å². The monoisotopic (exact) mass is 245 g/mol. The van der Waals surface area contributed by atoms with E-state index in [4.69, 9.17) is 16.4 Å². The first-order valence-corrected chi connectivity index (χ1v) is 5.89. The molecule has 2 unspecified atom stereocenters. The molecule has 1 aliphatic carbocycles. The van der Waals surface area contributed by atoms with Gasteiger partial charge in [-0.15, -0.1) is 0 Å². The lowest BCUT2D eigenvalue weighted by atomic mass is 9.99. The van der Waals surface area contributed by atoms with Gasteiger partial charge in [-0.05, 0) is 22.4 Å². The van der Waals surface area contributed by atoms with Gasteiger partial charge in [0, 0.05) is 18.1 Å². The van der Waals surface area contributed by atoms with Crippen LogP contribution in [-0.4, -0.2) is 18.1 Å². The van der Waals surface area contributed by atoms with Gasteiger partial charge in [-0.25, -0.2) is 0 Å². The van der Waals surface area contributed by atoms with E-state index in [0.717, 1.165) is 0 Å². The molecule has 0 saturated heterocycles. The maximum absolute atomic E-state index is 11.1. The minimum absolute atomic E-state index is 0.0760. The zero-order chi connectivity index (χ0) is 12.6. The van der Waals surface area contributed by atoms with Crippen molar-refractivity contribution in [3.63, 3.8) is 0 Å². The Hall–Kier alpha value is -0.570. The summed E-state index contributed by atoms with van der Waals surface area (Å²) < 4.78 is 0. The van der Waals surface area contributed by atoms with Gasteiger partial charge in [0.1, 0.15) is 6.61 Å². The third kappa shape index (κ3) is 3.21. The van der Waals surface area contributed by atoms with Crippen molar-refractivity contribution in [2.45, 2.75) is 34.6 Å². The number of rotatable bonds is 4. The SMILES string of the molecule is CC(C)(C)CON=CC1C(C(=O)Cl)C1(C)C. The van der Waals surface area contributed by atoms with Crippen molar-refractivity contribution in [3.8, 4) is 0 Å². The van der Waals surface area contributed by atoms with Gasteiger partial charge in [-0.1, -0.05) is 39.8 Å². The molecule has 3 nitrogen and oxygen atoms in total. The van der Waals surface area contributed by atoms with E-state index in [-0.39, 0.29) is 27.9 Å². The van der Waals surface area contributed by atoms with Crippen molar-refractivity contribution in [3.05, 3.63) is 0 Å². The zero-order valence-electron chi connectivity index (χ0n) is 10.6. The second-order valence-electron chi connectivity index (χ2n) is 6.22. The van der Waals surface area contributed by atoms with Gasteiger partial charge in [-0.2, -0.15) is 0 Å². The molecule has 4 heteroatoms. The van der Waals surface area contributed by atoms with Crippen LogP contribution in [0.15, 0.2) is 5.16 Å². The molecule has 0 aliphatic heterocycles. The third-order valence-electron chi connectivity index (χ3n) is 2.95. The Kier molecular flexibility index (Phi) is 3.68. The highest BCUT2D eigenvalue weighted by molar-refractivity contribution is 6.64. The molecule has 0 aromatic rings. The fourth-order valence-corrected chi connectivity index (χ4v) is 2.15. The summed E-state index contributed by atoms with van der Waals surface area (Å²) in [5, 5.41) is 3.63. The molecule has 0 aromatic heterocycles. The van der Waals surface area contributed by atoms with E-state index >= 15 is 0 Å². The molecule has 0 bridgehead atoms. The Morgan fingerprint density at radius 2 is 2.06 bits per heavy atom. The predicted molar refractivity (Wildman–Crippen MR) is 65.5 cm³/mol. The average Bonchev–Trinajstić information content (AvgIpc) is 2.60. The first-order chi connectivity index (χ1) is 7.16. The minimum Gasteiger partial charge on any atom is -0.396 e. The smallest absolute Gasteiger partial charge is 0.225 e. The summed E-state index contributed by atoms with van der Waals surface area (Å²) in [7, 11) is 0. The Labute approximate surface area is 102 Å². The Morgan fingerprint density at radius 3 is 2.44 bits per heavy atom. The van der Waals surface area contributed by atoms with E-state index in [1.165, 1.54) is 0 Å². The normalized spacial score (nSPS) is 28.1. The van der Waals surface area contributed by atoms with Gasteiger partial charge in [0.2, 0.25) is 5.24 Å². The molecule has 92 valence electrons. The van der Waals surface area contributed by atoms with Crippen LogP contribution in [0.2, 0.25) is 0 Å². The average molecular weight is 246 g/mol. The quantitative estimate of drug-likeness (QED) is 0.434. The number of nitrogens with zero attached hydrogens (tertiary/aromatic N) is 1. The van der Waals surface area contributed by atoms with Gasteiger partial charge >= 0.3 is 0 Å². The highest BCUT2D eigenvalue weighted by Crippen LogP contribution is 2.58. The molecule has 0 aromatic carbocycles. The summed E-state index contributed by atoms with van der Waals surface area (Å²) >= 11 is 5.50. The number of oxime groups is 1. The third-order valence-corrected chi connectivity index (χ3v) is 3.18. The van der Waals surface area contributed by atoms with Crippen LogP contribution in [0.25, 0.3) is 0 Å². The summed E-state index contributed by atoms with van der Waals surface area (Å²) in [5.74, 6) is -0.00591. The molecule has 1 rings (SSSR count). The molecule has 0 spiro atoms. The number of carbonyl (C=O) groups excluding carboxylic acids is 1. The predicted octanol–water partition coefficient (Wildman–Crippen LogP) is 3.07. The van der Waals surface area contributed by atoms with Crippen molar-refractivity contribution < 1.29 is 9.63 Å². The zero-order valence-corrected chi connectivity index (χ0v) is 11.3. The number of carbonyl (C=O) groups is 1. The van der Waals surface area contributed by atoms with Gasteiger partial charge in [0.25, 0.3) is 0 Å². The largest absolute Gasteiger partial charge is 0.396 e. The summed E-state index contributed by atoms with van der Waals surface area (Å²) in [4.78, 5) is 16.3. The van der Waals surface area contributed by atoms with Crippen molar-refractivity contribution in [1.29, 1.82) is 0 Å². The Morgan fingerprint density at radius 1 is 1.50 bits per heavy atom. The summed E-state index contributed by atoms with van der Waals surface area (Å²) in [6, 6.07) is 0. The molecular formula is C12H20ClNO2. The fourth-order valence-electron chi connectivity index (χ4n) is 1.73. The second-order valence-corrected chi connectivity index (χ2v) is 6.59. The standard InChI is InChI=1S/C12H20ClNO2/c1-11(2,3)7-16-14-6-8-9(10(13)15)12(8,4)5/h6,8-9H,7H2,1-5H3. The molecule has 0 amide bonds. The number of halogens is 1. The van der Waals surface area contributed by atoms with E-state index in [9.17, 15) is 4.79 Å². The summed E-state index contributed by atoms with van der Waals surface area (Å²) in [6.45, 7) is 10.8. The molecule has 1 saturated carbocycles. The van der Waals surface area contributed by atoms with Crippen molar-refractivity contribution in [2.75, 3.05) is 6.61 Å². The second kappa shape index (κ2) is 4.36. The van der Waals surface area contributed by atoms with Gasteiger partial charge in [0.05, 0.1) is 0 Å². The van der Waals surface area contributed by atoms with E-state index in [1.54, 1.807) is 6.21 Å². The Bertz CT molecular complexity index is 305. The maximum Gasteiger partial charge on any atom is 0.225 e. The minimum atomic E-state index is -0.280. The molecule has 0 radical (unpaired) electrons. The van der Waals surface area contributed by atoms with Gasteiger partial charge < -0.3 is 4.84 Å². The van der Waals surface area contributed by atoms with E-state index in [0.29, 0.717) is 6.61 Å². The summed E-state index contributed by atoms with van der Waals surface area (Å²) in [5.41, 5.74) is 0.0194. The van der Waals surface area contributed by atoms with Crippen LogP contribution in [0.4, 0.5) is 0 Å².